The van der Waals surface area contributed by atoms with Gasteiger partial charge < -0.3 is 49.2 Å². The van der Waals surface area contributed by atoms with Crippen LogP contribution in [0.5, 0.6) is 11.5 Å². The quantitative estimate of drug-likeness (QED) is 0.0836. The zero-order valence-electron chi connectivity index (χ0n) is 39.4. The van der Waals surface area contributed by atoms with Gasteiger partial charge >= 0.3 is 0 Å². The Morgan fingerprint density at radius 2 is 1.18 bits per heavy atom. The van der Waals surface area contributed by atoms with Gasteiger partial charge in [-0.15, -0.1) is 22.7 Å². The van der Waals surface area contributed by atoms with Crippen molar-refractivity contribution in [1.29, 1.82) is 0 Å². The zero-order valence-corrected chi connectivity index (χ0v) is 41.0. The number of methoxy groups -OCH3 is 1. The van der Waals surface area contributed by atoms with E-state index in [1.807, 2.05) is 42.2 Å². The molecule has 8 aromatic rings. The average Bonchev–Trinajstić information content (AvgIpc) is 4.00. The van der Waals surface area contributed by atoms with E-state index in [4.69, 9.17) is 38.9 Å². The van der Waals surface area contributed by atoms with Crippen molar-refractivity contribution in [2.24, 2.45) is 0 Å². The van der Waals surface area contributed by atoms with Crippen LogP contribution in [0, 0.1) is 0 Å². The Morgan fingerprint density at radius 3 is 1.75 bits per heavy atom. The van der Waals surface area contributed by atoms with Gasteiger partial charge in [0.05, 0.1) is 66.5 Å². The Morgan fingerprint density at radius 1 is 0.632 bits per heavy atom. The summed E-state index contributed by atoms with van der Waals surface area (Å²) in [5, 5.41) is 8.77. The van der Waals surface area contributed by atoms with Gasteiger partial charge in [-0.05, 0) is 89.8 Å². The van der Waals surface area contributed by atoms with Crippen LogP contribution in [0.15, 0.2) is 84.3 Å². The number of aromatic nitrogens is 6. The van der Waals surface area contributed by atoms with Gasteiger partial charge in [0.2, 0.25) is 0 Å². The van der Waals surface area contributed by atoms with Gasteiger partial charge in [0.25, 0.3) is 0 Å². The van der Waals surface area contributed by atoms with Crippen LogP contribution in [0.2, 0.25) is 0 Å². The van der Waals surface area contributed by atoms with Crippen LogP contribution in [0.4, 0.5) is 34.4 Å². The summed E-state index contributed by atoms with van der Waals surface area (Å²) in [7, 11) is 6.05. The number of piperazine rings is 2. The summed E-state index contributed by atoms with van der Waals surface area (Å²) in [6, 6.07) is 21.4. The first-order chi connectivity index (χ1) is 33.1. The number of anilines is 6. The predicted octanol–water partition coefficient (Wildman–Crippen LogP) is 8.83. The minimum atomic E-state index is -0.259. The number of nitrogens with one attached hydrogen (secondary N) is 2. The van der Waals surface area contributed by atoms with E-state index in [9.17, 15) is 0 Å². The molecule has 354 valence electrons. The van der Waals surface area contributed by atoms with Crippen LogP contribution >= 0.6 is 22.7 Å². The van der Waals surface area contributed by atoms with Crippen LogP contribution in [0.1, 0.15) is 27.2 Å². The lowest BCUT2D eigenvalue weighted by Crippen LogP contribution is -2.52. The molecule has 6 heterocycles. The summed E-state index contributed by atoms with van der Waals surface area (Å²) < 4.78 is 27.7. The molecule has 0 amide bonds. The lowest BCUT2D eigenvalue weighted by molar-refractivity contribution is 0.0533. The summed E-state index contributed by atoms with van der Waals surface area (Å²) in [6.45, 7) is 13.3. The molecule has 2 saturated heterocycles. The van der Waals surface area contributed by atoms with Crippen LogP contribution in [-0.2, 0) is 9.47 Å². The van der Waals surface area contributed by atoms with Crippen molar-refractivity contribution in [3.8, 4) is 11.5 Å². The highest BCUT2D eigenvalue weighted by Crippen LogP contribution is 2.40. The van der Waals surface area contributed by atoms with Crippen molar-refractivity contribution in [2.45, 2.75) is 51.5 Å². The van der Waals surface area contributed by atoms with E-state index in [1.165, 1.54) is 0 Å². The van der Waals surface area contributed by atoms with Crippen molar-refractivity contribution in [1.82, 2.24) is 39.7 Å². The summed E-state index contributed by atoms with van der Waals surface area (Å²) in [5.41, 5.74) is 11.2. The van der Waals surface area contributed by atoms with Crippen LogP contribution in [-0.4, -0.2) is 144 Å². The second kappa shape index (κ2) is 20.3. The number of fused-ring (bicyclic) bond motifs is 4. The standard InChI is InChI=1S/C50H58N12O4S2/c1-31-23-59(4)12-14-61(31)37-19-41-47(49(53-27-51-41)57-34-7-9-39-45(17-34)67-29-55-39)43(21-37)66-33(3)26-64-16-11-36-24-60(5)13-15-62(36)38-20-42-48(44(22-38)65-32(2)25-63-6)50(54-28-52-42)58-35-8-10-40-46(18-35)68-30-56-40/h7-10,17-22,27-33,36H,11-16,23-26H2,1-6H3,(H,51,53,57)(H,52,54,58)/t31-,32-,33-,36+/m1/s1. The third kappa shape index (κ3) is 10.1. The fraction of sp³-hybridized carbons (Fsp3) is 0.400. The normalized spacial score (nSPS) is 18.1. The van der Waals surface area contributed by atoms with Gasteiger partial charge in [-0.2, -0.15) is 0 Å². The molecule has 0 aliphatic carbocycles. The van der Waals surface area contributed by atoms with E-state index in [1.54, 1.807) is 42.4 Å². The maximum absolute atomic E-state index is 6.87. The molecule has 68 heavy (non-hydrogen) atoms. The third-order valence-electron chi connectivity index (χ3n) is 12.7. The van der Waals surface area contributed by atoms with E-state index in [2.05, 4.69) is 105 Å². The topological polar surface area (TPSA) is 151 Å². The van der Waals surface area contributed by atoms with Gasteiger partial charge in [-0.25, -0.2) is 29.9 Å². The van der Waals surface area contributed by atoms with Gasteiger partial charge in [-0.1, -0.05) is 0 Å². The zero-order chi connectivity index (χ0) is 46.7. The first kappa shape index (κ1) is 45.7. The van der Waals surface area contributed by atoms with Crippen LogP contribution < -0.4 is 29.9 Å². The SMILES string of the molecule is COC[C@@H](C)Oc1cc(N2CCN(C)C[C@@H]2CCOC[C@@H](C)Oc2cc(N3CCN(C)C[C@H]3C)cc3ncnc(Nc4ccc5ncsc5c4)c23)cc2ncnc(Nc3ccc4ncsc4c3)c12. The Bertz CT molecular complexity index is 3030. The molecule has 16 nitrogen and oxygen atoms in total. The molecule has 4 atom stereocenters. The van der Waals surface area contributed by atoms with Crippen molar-refractivity contribution in [3.63, 3.8) is 0 Å². The van der Waals surface area contributed by atoms with Crippen LogP contribution in [0.25, 0.3) is 42.2 Å². The molecule has 2 N–H and O–H groups in total. The van der Waals surface area contributed by atoms with Crippen LogP contribution in [0.3, 0.4) is 0 Å². The minimum Gasteiger partial charge on any atom is -0.487 e. The maximum atomic E-state index is 6.87. The molecule has 4 aromatic heterocycles. The second-order valence-corrected chi connectivity index (χ2v) is 19.8. The Balaban J connectivity index is 0.869. The summed E-state index contributed by atoms with van der Waals surface area (Å²) in [5.74, 6) is 2.78. The number of rotatable bonds is 17. The highest BCUT2D eigenvalue weighted by atomic mass is 32.1. The lowest BCUT2D eigenvalue weighted by atomic mass is 10.1. The number of benzene rings is 4. The summed E-state index contributed by atoms with van der Waals surface area (Å²) >= 11 is 3.22. The van der Waals surface area contributed by atoms with E-state index < -0.39 is 0 Å². The van der Waals surface area contributed by atoms with Crippen molar-refractivity contribution in [2.75, 3.05) is 101 Å². The molecule has 0 unspecified atom stereocenters. The fourth-order valence-electron chi connectivity index (χ4n) is 9.45. The van der Waals surface area contributed by atoms with Gasteiger partial charge in [0, 0.05) is 100.0 Å². The number of hydrogen-bond donors (Lipinski definition) is 2. The fourth-order valence-corrected chi connectivity index (χ4v) is 10.9. The molecular weight excluding hydrogens is 897 g/mol. The molecule has 0 spiro atoms. The Labute approximate surface area is 404 Å². The molecular formula is C50H58N12O4S2. The number of nitrogens with zero attached hydrogens (tertiary/aromatic N) is 10. The molecule has 0 bridgehead atoms. The maximum Gasteiger partial charge on any atom is 0.145 e. The highest BCUT2D eigenvalue weighted by molar-refractivity contribution is 7.17. The first-order valence-electron chi connectivity index (χ1n) is 23.2. The van der Waals surface area contributed by atoms with E-state index >= 15 is 0 Å². The minimum absolute atomic E-state index is 0.179. The van der Waals surface area contributed by atoms with Crippen molar-refractivity contribution < 1.29 is 18.9 Å². The molecule has 2 aliphatic heterocycles. The van der Waals surface area contributed by atoms with Gasteiger partial charge in [0.15, 0.2) is 0 Å². The average molecular weight is 955 g/mol. The van der Waals surface area contributed by atoms with E-state index in [0.29, 0.717) is 43.2 Å². The molecule has 2 aliphatic rings. The largest absolute Gasteiger partial charge is 0.487 e. The smallest absolute Gasteiger partial charge is 0.145 e. The number of hydrogen-bond acceptors (Lipinski definition) is 18. The molecule has 10 rings (SSSR count). The van der Waals surface area contributed by atoms with E-state index in [0.717, 1.165) is 116 Å². The second-order valence-electron chi connectivity index (χ2n) is 18.0. The molecule has 0 saturated carbocycles. The molecule has 0 radical (unpaired) electrons. The van der Waals surface area contributed by atoms with Gasteiger partial charge in [0.1, 0.15) is 48.0 Å². The number of thiazole rings is 2. The Hall–Kier alpha value is -6.02. The van der Waals surface area contributed by atoms with Crippen molar-refractivity contribution in [3.05, 3.63) is 84.3 Å². The predicted molar refractivity (Wildman–Crippen MR) is 275 cm³/mol. The molecule has 4 aromatic carbocycles. The first-order valence-corrected chi connectivity index (χ1v) is 25.0. The molecule has 18 heteroatoms. The summed E-state index contributed by atoms with van der Waals surface area (Å²) in [6.07, 6.45) is 3.59. The number of ether oxygens (including phenoxy) is 4. The monoisotopic (exact) mass is 954 g/mol. The van der Waals surface area contributed by atoms with Gasteiger partial charge in [-0.3, -0.25) is 0 Å². The highest BCUT2D eigenvalue weighted by Gasteiger charge is 2.29. The molecule has 2 fully saturated rings. The number of likely N-dealkylation sites (N-methyl/N-ethyl adjacent to an activating group) is 2. The lowest BCUT2D eigenvalue weighted by Gasteiger charge is -2.42. The van der Waals surface area contributed by atoms with E-state index in [-0.39, 0.29) is 18.2 Å². The Kier molecular flexibility index (Phi) is 13.7. The third-order valence-corrected chi connectivity index (χ3v) is 14.3. The summed E-state index contributed by atoms with van der Waals surface area (Å²) in [4.78, 5) is 37.6. The van der Waals surface area contributed by atoms with Crippen molar-refractivity contribution >= 4 is 99.3 Å².